The first kappa shape index (κ1) is 13.2. The number of amides is 1. The highest BCUT2D eigenvalue weighted by Gasteiger charge is 2.26. The fourth-order valence-electron chi connectivity index (χ4n) is 2.28. The average molecular weight is 270 g/mol. The number of hydrogen-bond acceptors (Lipinski definition) is 3. The molecule has 2 atom stereocenters. The summed E-state index contributed by atoms with van der Waals surface area (Å²) in [6.07, 6.45) is 2.66. The maximum absolute atomic E-state index is 11.3. The molecule has 4 nitrogen and oxygen atoms in total. The molecule has 1 fully saturated rings. The van der Waals surface area contributed by atoms with Gasteiger partial charge in [-0.2, -0.15) is 0 Å². The van der Waals surface area contributed by atoms with Crippen molar-refractivity contribution in [1.29, 1.82) is 0 Å². The van der Waals surface area contributed by atoms with Gasteiger partial charge in [0.25, 0.3) is 5.91 Å². The molecular formula is C13H16ClNO3. The normalized spacial score (nSPS) is 23.0. The molecule has 0 heterocycles. The summed E-state index contributed by atoms with van der Waals surface area (Å²) in [5.74, 6) is 0.207. The summed E-state index contributed by atoms with van der Waals surface area (Å²) in [5.41, 5.74) is 5.59. The standard InChI is InChI=1S/C13H16ClNO3/c14-9-2-4-12(11(6-9)13(15)17)18-10-3-1-8(5-10)7-16/h2,4,6,8,10,16H,1,3,5,7H2,(H2,15,17). The number of benzene rings is 1. The number of carbonyl (C=O) groups excluding carboxylic acids is 1. The van der Waals surface area contributed by atoms with Crippen LogP contribution >= 0.6 is 11.6 Å². The van der Waals surface area contributed by atoms with Gasteiger partial charge < -0.3 is 15.6 Å². The minimum absolute atomic E-state index is 0.0291. The van der Waals surface area contributed by atoms with Crippen molar-refractivity contribution in [1.82, 2.24) is 0 Å². The van der Waals surface area contributed by atoms with Crippen molar-refractivity contribution in [3.63, 3.8) is 0 Å². The zero-order valence-corrected chi connectivity index (χ0v) is 10.7. The van der Waals surface area contributed by atoms with E-state index in [1.165, 1.54) is 6.07 Å². The summed E-state index contributed by atoms with van der Waals surface area (Å²) in [6, 6.07) is 4.84. The Morgan fingerprint density at radius 2 is 2.28 bits per heavy atom. The minimum Gasteiger partial charge on any atom is -0.490 e. The van der Waals surface area contributed by atoms with Gasteiger partial charge in [0.05, 0.1) is 11.7 Å². The van der Waals surface area contributed by atoms with Crippen LogP contribution < -0.4 is 10.5 Å². The second-order valence-electron chi connectivity index (χ2n) is 4.61. The summed E-state index contributed by atoms with van der Waals surface area (Å²) < 4.78 is 5.78. The third kappa shape index (κ3) is 2.94. The maximum atomic E-state index is 11.3. The molecule has 0 saturated heterocycles. The van der Waals surface area contributed by atoms with Gasteiger partial charge in [0.1, 0.15) is 5.75 Å². The average Bonchev–Trinajstić information content (AvgIpc) is 2.79. The van der Waals surface area contributed by atoms with Crippen LogP contribution in [0, 0.1) is 5.92 Å². The van der Waals surface area contributed by atoms with E-state index in [4.69, 9.17) is 27.2 Å². The highest BCUT2D eigenvalue weighted by Crippen LogP contribution is 2.31. The fourth-order valence-corrected chi connectivity index (χ4v) is 2.45. The molecule has 1 aliphatic carbocycles. The van der Waals surface area contributed by atoms with Gasteiger partial charge in [-0.25, -0.2) is 0 Å². The van der Waals surface area contributed by atoms with Gasteiger partial charge in [-0.3, -0.25) is 4.79 Å². The second-order valence-corrected chi connectivity index (χ2v) is 5.04. The summed E-state index contributed by atoms with van der Waals surface area (Å²) in [5, 5.41) is 9.54. The first-order chi connectivity index (χ1) is 8.60. The molecule has 3 N–H and O–H groups in total. The summed E-state index contributed by atoms with van der Waals surface area (Å²) in [4.78, 5) is 11.3. The number of halogens is 1. The van der Waals surface area contributed by atoms with Crippen molar-refractivity contribution in [3.05, 3.63) is 28.8 Å². The third-order valence-corrected chi connectivity index (χ3v) is 3.49. The monoisotopic (exact) mass is 269 g/mol. The Balaban J connectivity index is 2.12. The highest BCUT2D eigenvalue weighted by atomic mass is 35.5. The van der Waals surface area contributed by atoms with E-state index in [9.17, 15) is 4.79 Å². The Kier molecular flexibility index (Phi) is 4.09. The van der Waals surface area contributed by atoms with Crippen molar-refractivity contribution in [3.8, 4) is 5.75 Å². The Labute approximate surface area is 111 Å². The van der Waals surface area contributed by atoms with Crippen molar-refractivity contribution >= 4 is 17.5 Å². The minimum atomic E-state index is -0.552. The lowest BCUT2D eigenvalue weighted by molar-refractivity contribution is 0.0992. The van der Waals surface area contributed by atoms with E-state index in [1.54, 1.807) is 12.1 Å². The molecule has 0 radical (unpaired) electrons. The predicted molar refractivity (Wildman–Crippen MR) is 68.8 cm³/mol. The van der Waals surface area contributed by atoms with E-state index in [0.29, 0.717) is 22.3 Å². The lowest BCUT2D eigenvalue weighted by atomic mass is 10.1. The van der Waals surface area contributed by atoms with Gasteiger partial charge in [-0.05, 0) is 43.4 Å². The molecule has 0 aliphatic heterocycles. The Hall–Kier alpha value is -1.26. The molecule has 1 aromatic rings. The number of rotatable bonds is 4. The number of ether oxygens (including phenoxy) is 1. The van der Waals surface area contributed by atoms with E-state index < -0.39 is 5.91 Å². The third-order valence-electron chi connectivity index (χ3n) is 3.25. The van der Waals surface area contributed by atoms with E-state index in [0.717, 1.165) is 19.3 Å². The summed E-state index contributed by atoms with van der Waals surface area (Å²) in [7, 11) is 0. The van der Waals surface area contributed by atoms with Crippen LogP contribution in [-0.2, 0) is 0 Å². The van der Waals surface area contributed by atoms with Gasteiger partial charge >= 0.3 is 0 Å². The molecule has 2 rings (SSSR count). The Morgan fingerprint density at radius 3 is 2.89 bits per heavy atom. The van der Waals surface area contributed by atoms with Gasteiger partial charge in [-0.1, -0.05) is 11.6 Å². The first-order valence-corrected chi connectivity index (χ1v) is 6.35. The molecule has 5 heteroatoms. The highest BCUT2D eigenvalue weighted by molar-refractivity contribution is 6.31. The molecule has 18 heavy (non-hydrogen) atoms. The van der Waals surface area contributed by atoms with Gasteiger partial charge in [0, 0.05) is 11.6 Å². The second kappa shape index (κ2) is 5.59. The lowest BCUT2D eigenvalue weighted by Gasteiger charge is -2.16. The van der Waals surface area contributed by atoms with E-state index in [1.807, 2.05) is 0 Å². The zero-order chi connectivity index (χ0) is 13.1. The summed E-state index contributed by atoms with van der Waals surface area (Å²) in [6.45, 7) is 0.184. The van der Waals surface area contributed by atoms with Crippen LogP contribution in [0.2, 0.25) is 5.02 Å². The number of hydrogen-bond donors (Lipinski definition) is 2. The smallest absolute Gasteiger partial charge is 0.252 e. The van der Waals surface area contributed by atoms with Crippen molar-refractivity contribution in [2.45, 2.75) is 25.4 Å². The van der Waals surface area contributed by atoms with Crippen molar-refractivity contribution in [2.24, 2.45) is 11.7 Å². The Bertz CT molecular complexity index is 450. The van der Waals surface area contributed by atoms with Crippen LogP contribution in [0.3, 0.4) is 0 Å². The van der Waals surface area contributed by atoms with Crippen molar-refractivity contribution < 1.29 is 14.6 Å². The largest absolute Gasteiger partial charge is 0.490 e. The fraction of sp³-hybridized carbons (Fsp3) is 0.462. The number of nitrogens with two attached hydrogens (primary N) is 1. The molecule has 0 spiro atoms. The molecule has 98 valence electrons. The molecule has 1 aliphatic rings. The van der Waals surface area contributed by atoms with Crippen LogP contribution in [0.25, 0.3) is 0 Å². The molecule has 0 bridgehead atoms. The first-order valence-electron chi connectivity index (χ1n) is 5.97. The lowest BCUT2D eigenvalue weighted by Crippen LogP contribution is -2.18. The molecule has 2 unspecified atom stereocenters. The van der Waals surface area contributed by atoms with Crippen molar-refractivity contribution in [2.75, 3.05) is 6.61 Å². The molecule has 1 aromatic carbocycles. The van der Waals surface area contributed by atoms with E-state index >= 15 is 0 Å². The van der Waals surface area contributed by atoms with Crippen LogP contribution in [0.15, 0.2) is 18.2 Å². The molecular weight excluding hydrogens is 254 g/mol. The predicted octanol–water partition coefficient (Wildman–Crippen LogP) is 1.98. The zero-order valence-electron chi connectivity index (χ0n) is 9.93. The van der Waals surface area contributed by atoms with Crippen LogP contribution in [0.4, 0.5) is 0 Å². The van der Waals surface area contributed by atoms with Crippen LogP contribution in [0.1, 0.15) is 29.6 Å². The number of aliphatic hydroxyl groups is 1. The molecule has 0 aromatic heterocycles. The molecule has 1 amide bonds. The molecule has 1 saturated carbocycles. The summed E-state index contributed by atoms with van der Waals surface area (Å²) >= 11 is 5.83. The number of carbonyl (C=O) groups is 1. The number of primary amides is 1. The van der Waals surface area contributed by atoms with Gasteiger partial charge in [-0.15, -0.1) is 0 Å². The van der Waals surface area contributed by atoms with Crippen LogP contribution in [0.5, 0.6) is 5.75 Å². The van der Waals surface area contributed by atoms with Gasteiger partial charge in [0.15, 0.2) is 0 Å². The SMILES string of the molecule is NC(=O)c1cc(Cl)ccc1OC1CCC(CO)C1. The Morgan fingerprint density at radius 1 is 1.50 bits per heavy atom. The number of aliphatic hydroxyl groups excluding tert-OH is 1. The maximum Gasteiger partial charge on any atom is 0.252 e. The topological polar surface area (TPSA) is 72.6 Å². The van der Waals surface area contributed by atoms with Gasteiger partial charge in [0.2, 0.25) is 0 Å². The quantitative estimate of drug-likeness (QED) is 0.878. The van der Waals surface area contributed by atoms with E-state index in [-0.39, 0.29) is 12.7 Å². The van der Waals surface area contributed by atoms with E-state index in [2.05, 4.69) is 0 Å². The van der Waals surface area contributed by atoms with Crippen LogP contribution in [-0.4, -0.2) is 23.7 Å².